The van der Waals surface area contributed by atoms with Gasteiger partial charge in [0.05, 0.1) is 12.1 Å². The molecule has 61 heavy (non-hydrogen) atoms. The second kappa shape index (κ2) is 16.3. The number of halogens is 3. The number of ether oxygens (including phenoxy) is 4. The van der Waals surface area contributed by atoms with Crippen molar-refractivity contribution in [2.75, 3.05) is 19.8 Å². The summed E-state index contributed by atoms with van der Waals surface area (Å²) in [6.45, 7) is 4.36. The van der Waals surface area contributed by atoms with Gasteiger partial charge in [0.25, 0.3) is 5.91 Å². The summed E-state index contributed by atoms with van der Waals surface area (Å²) in [6, 6.07) is 19.2. The molecular formula is C46H39F3N6O6. The summed E-state index contributed by atoms with van der Waals surface area (Å²) in [5, 5.41) is 4.94. The highest BCUT2D eigenvalue weighted by Crippen LogP contribution is 2.38. The first-order chi connectivity index (χ1) is 29.5. The number of nitrogens with zero attached hydrogens (tertiary/aromatic N) is 5. The molecule has 1 saturated carbocycles. The lowest BCUT2D eigenvalue weighted by molar-refractivity contribution is -0.143. The Balaban J connectivity index is 0.727. The summed E-state index contributed by atoms with van der Waals surface area (Å²) in [5.41, 5.74) is 4.83. The van der Waals surface area contributed by atoms with Crippen molar-refractivity contribution >= 4 is 33.6 Å². The van der Waals surface area contributed by atoms with E-state index in [1.165, 1.54) is 12.1 Å². The highest BCUT2D eigenvalue weighted by molar-refractivity contribution is 6.08. The smallest absolute Gasteiger partial charge is 0.437 e. The zero-order valence-corrected chi connectivity index (χ0v) is 33.0. The fourth-order valence-electron chi connectivity index (χ4n) is 7.92. The van der Waals surface area contributed by atoms with E-state index in [4.69, 9.17) is 18.9 Å². The molecule has 2 fully saturated rings. The first kappa shape index (κ1) is 39.5. The number of benzene rings is 2. The van der Waals surface area contributed by atoms with Crippen molar-refractivity contribution in [1.82, 2.24) is 29.7 Å². The van der Waals surface area contributed by atoms with Crippen LogP contribution in [0.2, 0.25) is 0 Å². The number of allylic oxidation sites excluding steroid dienone is 1. The monoisotopic (exact) mass is 828 g/mol. The van der Waals surface area contributed by atoms with Crippen LogP contribution in [0.5, 0.6) is 17.4 Å². The van der Waals surface area contributed by atoms with Crippen molar-refractivity contribution in [3.63, 3.8) is 0 Å². The molecule has 1 N–H and O–H groups in total. The topological polar surface area (TPSA) is 130 Å². The Kier molecular flexibility index (Phi) is 10.5. The number of hydrogen-bond acceptors (Lipinski definition) is 9. The largest absolute Gasteiger partial charge is 0.491 e. The highest BCUT2D eigenvalue weighted by Gasteiger charge is 2.40. The molecule has 2 amide bonds. The molecule has 4 aromatic heterocycles. The van der Waals surface area contributed by atoms with Gasteiger partial charge in [-0.15, -0.1) is 0 Å². The van der Waals surface area contributed by atoms with Crippen molar-refractivity contribution in [2.24, 2.45) is 7.05 Å². The third-order valence-corrected chi connectivity index (χ3v) is 11.1. The van der Waals surface area contributed by atoms with Crippen molar-refractivity contribution in [1.29, 1.82) is 0 Å². The van der Waals surface area contributed by atoms with Gasteiger partial charge < -0.3 is 33.7 Å². The number of nitrogens with one attached hydrogen (secondary N) is 1. The van der Waals surface area contributed by atoms with E-state index in [9.17, 15) is 22.8 Å². The van der Waals surface area contributed by atoms with Gasteiger partial charge in [-0.3, -0.25) is 14.6 Å². The minimum atomic E-state index is -4.76. The van der Waals surface area contributed by atoms with Crippen LogP contribution in [0.25, 0.3) is 32.9 Å². The number of rotatable bonds is 11. The van der Waals surface area contributed by atoms with Crippen LogP contribution in [0.15, 0.2) is 97.6 Å². The summed E-state index contributed by atoms with van der Waals surface area (Å²) in [5.74, 6) is 5.48. The average molecular weight is 829 g/mol. The molecule has 1 aliphatic carbocycles. The maximum absolute atomic E-state index is 14.1. The molecule has 0 bridgehead atoms. The van der Waals surface area contributed by atoms with Gasteiger partial charge in [-0.1, -0.05) is 24.6 Å². The SMILES string of the molecule is C=C1CCC(N2Cc3cc(OCCOCC#Cc4ccc(OC5CC(Oc6ccc(-c7ccc8c9cnccc9n(C)c8c7)cn6)C5)c(C(F)(F)F)n4)ccc3C2=O)C(=O)N1. The predicted octanol–water partition coefficient (Wildman–Crippen LogP) is 7.39. The Morgan fingerprint density at radius 1 is 0.918 bits per heavy atom. The van der Waals surface area contributed by atoms with Crippen LogP contribution in [0.1, 0.15) is 53.0 Å². The van der Waals surface area contributed by atoms with Crippen LogP contribution in [0, 0.1) is 11.8 Å². The number of pyridine rings is 3. The second-order valence-electron chi connectivity index (χ2n) is 15.2. The molecular weight excluding hydrogens is 790 g/mol. The van der Waals surface area contributed by atoms with Crippen molar-refractivity contribution in [3.05, 3.63) is 120 Å². The van der Waals surface area contributed by atoms with Gasteiger partial charge >= 0.3 is 6.18 Å². The van der Waals surface area contributed by atoms with E-state index in [1.807, 2.05) is 31.4 Å². The zero-order valence-electron chi connectivity index (χ0n) is 33.0. The minimum Gasteiger partial charge on any atom is -0.491 e. The third-order valence-electron chi connectivity index (χ3n) is 11.1. The number of aryl methyl sites for hydroxylation is 1. The molecule has 0 radical (unpaired) electrons. The van der Waals surface area contributed by atoms with Gasteiger partial charge in [0, 0.05) is 84.2 Å². The molecule has 3 aliphatic rings. The number of piperidine rings is 1. The Hall–Kier alpha value is -6.92. The van der Waals surface area contributed by atoms with Crippen LogP contribution < -0.4 is 19.5 Å². The van der Waals surface area contributed by atoms with Crippen LogP contribution >= 0.6 is 0 Å². The Morgan fingerprint density at radius 2 is 1.75 bits per heavy atom. The molecule has 1 saturated heterocycles. The number of carbonyl (C=O) groups is 2. The molecule has 6 heterocycles. The van der Waals surface area contributed by atoms with Gasteiger partial charge in [-0.2, -0.15) is 13.2 Å². The quantitative estimate of drug-likeness (QED) is 0.105. The van der Waals surface area contributed by atoms with Crippen LogP contribution in [0.3, 0.4) is 0 Å². The summed E-state index contributed by atoms with van der Waals surface area (Å²) in [4.78, 5) is 39.5. The number of carbonyl (C=O) groups excluding carboxylic acids is 2. The molecule has 310 valence electrons. The van der Waals surface area contributed by atoms with E-state index in [0.29, 0.717) is 55.1 Å². The van der Waals surface area contributed by atoms with E-state index in [1.54, 1.807) is 41.6 Å². The summed E-state index contributed by atoms with van der Waals surface area (Å²) in [7, 11) is 2.03. The number of aromatic nitrogens is 4. The maximum atomic E-state index is 14.1. The normalized spacial score (nSPS) is 18.7. The second-order valence-corrected chi connectivity index (χ2v) is 15.2. The third kappa shape index (κ3) is 8.18. The zero-order chi connectivity index (χ0) is 42.3. The first-order valence-corrected chi connectivity index (χ1v) is 19.8. The molecule has 0 spiro atoms. The Morgan fingerprint density at radius 3 is 2.56 bits per heavy atom. The fraction of sp³-hybridized carbons (Fsp3) is 0.283. The van der Waals surface area contributed by atoms with E-state index in [0.717, 1.165) is 38.5 Å². The summed E-state index contributed by atoms with van der Waals surface area (Å²) in [6.07, 6.45) is 1.81. The highest BCUT2D eigenvalue weighted by atomic mass is 19.4. The molecule has 15 heteroatoms. The number of hydrogen-bond donors (Lipinski definition) is 1. The average Bonchev–Trinajstić information content (AvgIpc) is 3.71. The van der Waals surface area contributed by atoms with Gasteiger partial charge in [0.15, 0.2) is 11.4 Å². The maximum Gasteiger partial charge on any atom is 0.437 e. The van der Waals surface area contributed by atoms with Crippen LogP contribution in [-0.4, -0.2) is 74.3 Å². The van der Waals surface area contributed by atoms with Gasteiger partial charge in [0.2, 0.25) is 11.8 Å². The van der Waals surface area contributed by atoms with Crippen LogP contribution in [0.4, 0.5) is 13.2 Å². The van der Waals surface area contributed by atoms with Crippen molar-refractivity contribution < 1.29 is 41.7 Å². The fourth-order valence-corrected chi connectivity index (χ4v) is 7.92. The van der Waals surface area contributed by atoms with Crippen LogP contribution in [-0.2, 0) is 29.3 Å². The lowest BCUT2D eigenvalue weighted by Crippen LogP contribution is -2.49. The first-order valence-electron chi connectivity index (χ1n) is 19.8. The lowest BCUT2D eigenvalue weighted by Gasteiger charge is -2.35. The predicted molar refractivity (Wildman–Crippen MR) is 219 cm³/mol. The van der Waals surface area contributed by atoms with E-state index >= 15 is 0 Å². The summed E-state index contributed by atoms with van der Waals surface area (Å²) >= 11 is 0. The number of amides is 2. The molecule has 1 atom stereocenters. The van der Waals surface area contributed by atoms with Crippen molar-refractivity contribution in [2.45, 2.75) is 56.7 Å². The van der Waals surface area contributed by atoms with E-state index in [-0.39, 0.29) is 49.2 Å². The van der Waals surface area contributed by atoms with E-state index in [2.05, 4.69) is 55.4 Å². The Labute approximate surface area is 348 Å². The molecule has 1 unspecified atom stereocenters. The minimum absolute atomic E-state index is 0.0613. The number of fused-ring (bicyclic) bond motifs is 4. The summed E-state index contributed by atoms with van der Waals surface area (Å²) < 4.78 is 67.3. The molecule has 2 aliphatic heterocycles. The Bertz CT molecular complexity index is 2750. The molecule has 2 aromatic carbocycles. The van der Waals surface area contributed by atoms with Crippen molar-refractivity contribution in [3.8, 4) is 40.3 Å². The van der Waals surface area contributed by atoms with Gasteiger partial charge in [0.1, 0.15) is 42.9 Å². The van der Waals surface area contributed by atoms with E-state index < -0.39 is 24.0 Å². The standard InChI is InChI=1S/C46H39F3N6O6/c1-27-5-12-39(44(56)52-27)55-26-30-20-32(9-11-35(30)45(55)57)59-19-18-58-17-3-4-31-8-13-41(43(53-31)46(47,48)49)60-33-22-34(23-33)61-42-14-7-29(24-51-42)28-6-10-36-37-25-50-16-15-38(37)54(2)40(36)21-28/h6-11,13-16,20-21,24-25,33-34,39H,1,5,12,17-19,22-23,26H2,2H3,(H,52,56). The molecule has 9 rings (SSSR count). The van der Waals surface area contributed by atoms with Gasteiger partial charge in [-0.05, 0) is 78.4 Å². The molecule has 12 nitrogen and oxygen atoms in total. The number of alkyl halides is 3. The molecule has 6 aromatic rings. The lowest BCUT2D eigenvalue weighted by atomic mass is 9.92. The van der Waals surface area contributed by atoms with Gasteiger partial charge in [-0.25, -0.2) is 9.97 Å².